The maximum atomic E-state index is 11.9. The van der Waals surface area contributed by atoms with Crippen LogP contribution in [0.25, 0.3) is 0 Å². The minimum Gasteiger partial charge on any atom is -0.457 e. The van der Waals surface area contributed by atoms with Crippen molar-refractivity contribution in [2.75, 3.05) is 12.4 Å². The molecule has 1 fully saturated rings. The molecule has 2 aromatic carbocycles. The monoisotopic (exact) mass is 446 g/mol. The van der Waals surface area contributed by atoms with Crippen LogP contribution >= 0.6 is 11.8 Å². The number of rotatable bonds is 10. The number of benzene rings is 2. The molecule has 0 saturated carbocycles. The van der Waals surface area contributed by atoms with Gasteiger partial charge in [0.15, 0.2) is 12.4 Å². The van der Waals surface area contributed by atoms with Crippen LogP contribution in [0.2, 0.25) is 0 Å². The lowest BCUT2D eigenvalue weighted by molar-refractivity contribution is -0.255. The molecule has 1 saturated heterocycles. The SMILES string of the molecule is CCS[C@H]1[C@@H](OCc2ccccc2)[C@H](OC(C)=O)[C@@H](COCc2ccccc2)O[C@H]1O. The summed E-state index contributed by atoms with van der Waals surface area (Å²) in [7, 11) is 0. The first kappa shape index (κ1) is 23.8. The Kier molecular flexibility index (Phi) is 9.36. The molecule has 0 amide bonds. The molecule has 0 spiro atoms. The number of aliphatic hydroxyl groups is 1. The van der Waals surface area contributed by atoms with Crippen molar-refractivity contribution in [2.45, 2.75) is 56.9 Å². The van der Waals surface area contributed by atoms with Crippen LogP contribution in [0.15, 0.2) is 60.7 Å². The summed E-state index contributed by atoms with van der Waals surface area (Å²) in [5, 5.41) is 10.3. The lowest BCUT2D eigenvalue weighted by Crippen LogP contribution is -2.59. The number of thioether (sulfide) groups is 1. The predicted octanol–water partition coefficient (Wildman–Crippen LogP) is 3.56. The molecule has 1 N–H and O–H groups in total. The van der Waals surface area contributed by atoms with E-state index >= 15 is 0 Å². The van der Waals surface area contributed by atoms with Gasteiger partial charge in [-0.1, -0.05) is 67.6 Å². The molecule has 5 atom stereocenters. The summed E-state index contributed by atoms with van der Waals surface area (Å²) in [5.41, 5.74) is 2.03. The van der Waals surface area contributed by atoms with Crippen LogP contribution in [0.4, 0.5) is 0 Å². The van der Waals surface area contributed by atoms with Crippen molar-refractivity contribution < 1.29 is 28.8 Å². The van der Waals surface area contributed by atoms with Gasteiger partial charge in [-0.3, -0.25) is 4.79 Å². The van der Waals surface area contributed by atoms with Crippen molar-refractivity contribution in [1.29, 1.82) is 0 Å². The van der Waals surface area contributed by atoms with Crippen molar-refractivity contribution in [3.8, 4) is 0 Å². The third kappa shape index (κ3) is 7.05. The van der Waals surface area contributed by atoms with Gasteiger partial charge in [-0.25, -0.2) is 0 Å². The van der Waals surface area contributed by atoms with E-state index in [-0.39, 0.29) is 11.9 Å². The molecule has 0 aromatic heterocycles. The van der Waals surface area contributed by atoms with Crippen LogP contribution in [0.3, 0.4) is 0 Å². The second-order valence-electron chi connectivity index (χ2n) is 7.32. The maximum Gasteiger partial charge on any atom is 0.303 e. The molecule has 1 aliphatic rings. The van der Waals surface area contributed by atoms with Crippen LogP contribution in [-0.4, -0.2) is 53.3 Å². The highest BCUT2D eigenvalue weighted by Crippen LogP contribution is 2.33. The van der Waals surface area contributed by atoms with Crippen LogP contribution in [0.1, 0.15) is 25.0 Å². The number of carbonyl (C=O) groups excluding carboxylic acids is 1. The number of hydrogen-bond acceptors (Lipinski definition) is 7. The Balaban J connectivity index is 1.73. The Morgan fingerprint density at radius 1 is 1.00 bits per heavy atom. The third-order valence-corrected chi connectivity index (χ3v) is 6.17. The minimum atomic E-state index is -1.05. The van der Waals surface area contributed by atoms with Gasteiger partial charge in [0, 0.05) is 6.92 Å². The average Bonchev–Trinajstić information content (AvgIpc) is 2.77. The van der Waals surface area contributed by atoms with Crippen LogP contribution in [0, 0.1) is 0 Å². The molecule has 0 aliphatic carbocycles. The van der Waals surface area contributed by atoms with Crippen molar-refractivity contribution in [2.24, 2.45) is 0 Å². The Morgan fingerprint density at radius 2 is 1.61 bits per heavy atom. The number of esters is 1. The molecule has 1 heterocycles. The molecule has 0 unspecified atom stereocenters. The maximum absolute atomic E-state index is 11.9. The van der Waals surface area contributed by atoms with E-state index in [1.54, 1.807) is 0 Å². The number of ether oxygens (including phenoxy) is 4. The third-order valence-electron chi connectivity index (χ3n) is 4.95. The molecule has 1 aliphatic heterocycles. The van der Waals surface area contributed by atoms with Gasteiger partial charge < -0.3 is 24.1 Å². The quantitative estimate of drug-likeness (QED) is 0.560. The standard InChI is InChI=1S/C24H30O6S/c1-3-31-23-22(28-15-19-12-8-5-9-13-19)21(29-17(2)25)20(30-24(23)26)16-27-14-18-10-6-4-7-11-18/h4-13,20-24,26H,3,14-16H2,1-2H3/t20-,21-,22+,23+,24-/m1/s1. The average molecular weight is 447 g/mol. The Morgan fingerprint density at radius 3 is 2.19 bits per heavy atom. The van der Waals surface area contributed by atoms with Gasteiger partial charge in [-0.15, -0.1) is 0 Å². The van der Waals surface area contributed by atoms with Gasteiger partial charge >= 0.3 is 5.97 Å². The van der Waals surface area contributed by atoms with Crippen molar-refractivity contribution >= 4 is 17.7 Å². The van der Waals surface area contributed by atoms with E-state index in [2.05, 4.69) is 0 Å². The topological polar surface area (TPSA) is 74.2 Å². The first-order valence-corrected chi connectivity index (χ1v) is 11.5. The first-order valence-electron chi connectivity index (χ1n) is 10.5. The van der Waals surface area contributed by atoms with E-state index in [1.165, 1.54) is 18.7 Å². The second-order valence-corrected chi connectivity index (χ2v) is 8.78. The molecule has 0 bridgehead atoms. The van der Waals surface area contributed by atoms with Gasteiger partial charge in [0.1, 0.15) is 12.2 Å². The van der Waals surface area contributed by atoms with Gasteiger partial charge in [0.25, 0.3) is 0 Å². The summed E-state index contributed by atoms with van der Waals surface area (Å²) in [4.78, 5) is 11.9. The molecule has 2 aromatic rings. The van der Waals surface area contributed by atoms with Crippen molar-refractivity contribution in [3.05, 3.63) is 71.8 Å². The molecule has 6 nitrogen and oxygen atoms in total. The summed E-state index contributed by atoms with van der Waals surface area (Å²) in [6, 6.07) is 19.6. The van der Waals surface area contributed by atoms with Gasteiger partial charge in [0.05, 0.1) is 25.1 Å². The molecule has 31 heavy (non-hydrogen) atoms. The van der Waals surface area contributed by atoms with Crippen molar-refractivity contribution in [1.82, 2.24) is 0 Å². The van der Waals surface area contributed by atoms with Crippen LogP contribution in [0.5, 0.6) is 0 Å². The van der Waals surface area contributed by atoms with Gasteiger partial charge in [0.2, 0.25) is 0 Å². The zero-order chi connectivity index (χ0) is 22.1. The lowest BCUT2D eigenvalue weighted by atomic mass is 10.0. The molecular formula is C24H30O6S. The van der Waals surface area contributed by atoms with E-state index in [1.807, 2.05) is 67.6 Å². The fourth-order valence-corrected chi connectivity index (χ4v) is 4.59. The Labute approximate surface area is 187 Å². The van der Waals surface area contributed by atoms with E-state index < -0.39 is 30.6 Å². The van der Waals surface area contributed by atoms with Crippen molar-refractivity contribution in [3.63, 3.8) is 0 Å². The number of hydrogen-bond donors (Lipinski definition) is 1. The largest absolute Gasteiger partial charge is 0.457 e. The fourth-order valence-electron chi connectivity index (χ4n) is 3.56. The summed E-state index contributed by atoms with van der Waals surface area (Å²) < 4.78 is 23.5. The Hall–Kier alpha value is -1.90. The predicted molar refractivity (Wildman–Crippen MR) is 119 cm³/mol. The summed E-state index contributed by atoms with van der Waals surface area (Å²) in [6.07, 6.45) is -2.92. The highest BCUT2D eigenvalue weighted by atomic mass is 32.2. The second kappa shape index (κ2) is 12.2. The Bertz CT molecular complexity index is 787. The summed E-state index contributed by atoms with van der Waals surface area (Å²) in [5.74, 6) is 0.338. The molecular weight excluding hydrogens is 416 g/mol. The fraction of sp³-hybridized carbons (Fsp3) is 0.458. The minimum absolute atomic E-state index is 0.165. The number of carbonyl (C=O) groups is 1. The molecule has 3 rings (SSSR count). The summed E-state index contributed by atoms with van der Waals surface area (Å²) in [6.45, 7) is 4.27. The van der Waals surface area contributed by atoms with E-state index in [9.17, 15) is 9.90 Å². The van der Waals surface area contributed by atoms with E-state index in [0.29, 0.717) is 13.2 Å². The molecule has 168 valence electrons. The normalized spacial score (nSPS) is 25.8. The van der Waals surface area contributed by atoms with Crippen LogP contribution in [-0.2, 0) is 37.0 Å². The van der Waals surface area contributed by atoms with Gasteiger partial charge in [-0.05, 0) is 16.9 Å². The molecule has 7 heteroatoms. The smallest absolute Gasteiger partial charge is 0.303 e. The van der Waals surface area contributed by atoms with Gasteiger partial charge in [-0.2, -0.15) is 11.8 Å². The lowest BCUT2D eigenvalue weighted by Gasteiger charge is -2.43. The summed E-state index contributed by atoms with van der Waals surface area (Å²) >= 11 is 1.53. The highest BCUT2D eigenvalue weighted by molar-refractivity contribution is 7.99. The zero-order valence-corrected chi connectivity index (χ0v) is 18.7. The van der Waals surface area contributed by atoms with E-state index in [4.69, 9.17) is 18.9 Å². The molecule has 0 radical (unpaired) electrons. The first-order chi connectivity index (χ1) is 15.1. The van der Waals surface area contributed by atoms with Crippen LogP contribution < -0.4 is 0 Å². The highest BCUT2D eigenvalue weighted by Gasteiger charge is 2.48. The zero-order valence-electron chi connectivity index (χ0n) is 17.9. The number of aliphatic hydroxyl groups excluding tert-OH is 1. The van der Waals surface area contributed by atoms with E-state index in [0.717, 1.165) is 16.9 Å².